The zero-order valence-corrected chi connectivity index (χ0v) is 32.7. The zero-order valence-electron chi connectivity index (χ0n) is 31.9. The van der Waals surface area contributed by atoms with Gasteiger partial charge < -0.3 is 42.2 Å². The van der Waals surface area contributed by atoms with Crippen LogP contribution in [-0.4, -0.2) is 104 Å². The van der Waals surface area contributed by atoms with Gasteiger partial charge in [-0.05, 0) is 76.8 Å². The van der Waals surface area contributed by atoms with Crippen LogP contribution in [0.5, 0.6) is 0 Å². The Morgan fingerprint density at radius 2 is 1.65 bits per heavy atom. The first-order chi connectivity index (χ1) is 25.6. The highest BCUT2D eigenvalue weighted by molar-refractivity contribution is 7.90. The van der Waals surface area contributed by atoms with E-state index in [1.54, 1.807) is 52.0 Å². The largest absolute Gasteiger partial charge is 0.480 e. The lowest BCUT2D eigenvalue weighted by Crippen LogP contribution is -2.54. The summed E-state index contributed by atoms with van der Waals surface area (Å²) in [7, 11) is -2.66. The summed E-state index contributed by atoms with van der Waals surface area (Å²) in [4.78, 5) is 80.8. The van der Waals surface area contributed by atoms with Gasteiger partial charge in [-0.1, -0.05) is 36.8 Å². The number of carbonyl (C=O) groups excluding carboxylic acids is 5. The average molecular weight is 789 g/mol. The van der Waals surface area contributed by atoms with E-state index in [0.717, 1.165) is 10.5 Å². The number of aryl methyl sites for hydroxylation is 1. The standard InChI is InChI=1S/C36H52N8O10S/c1-7-27(42-31(48)24-11-8-10-23(18-24)20-40-32(49)26(37)19-30(47)54-36(3,4)5)34(51)44(6)28(33(50)41-21-29(45)46)12-9-17-39-35(38)43-55(52,53)25-15-13-22(2)14-16-25/h8,10-11,13-16,18,26-28H,7,9,12,17,19-21,37H2,1-6H3,(H,40,49)(H,41,50)(H,42,48)(H,45,46)(H3,38,39,43)/t26-,27+,28-/m0/s1. The Bertz CT molecular complexity index is 1830. The van der Waals surface area contributed by atoms with Crippen LogP contribution in [0.15, 0.2) is 58.4 Å². The normalized spacial score (nSPS) is 13.4. The molecule has 19 heteroatoms. The number of hydrogen-bond acceptors (Lipinski definition) is 11. The van der Waals surface area contributed by atoms with Crippen LogP contribution in [-0.2, 0) is 45.3 Å². The van der Waals surface area contributed by atoms with Crippen LogP contribution in [0.25, 0.3) is 0 Å². The summed E-state index contributed by atoms with van der Waals surface area (Å²) in [5, 5.41) is 16.6. The summed E-state index contributed by atoms with van der Waals surface area (Å²) in [6.07, 6.45) is -0.0789. The highest BCUT2D eigenvalue weighted by atomic mass is 32.2. The lowest BCUT2D eigenvalue weighted by atomic mass is 10.1. The van der Waals surface area contributed by atoms with Crippen LogP contribution in [0.2, 0.25) is 0 Å². The molecule has 9 N–H and O–H groups in total. The van der Waals surface area contributed by atoms with Gasteiger partial charge in [0.05, 0.1) is 17.4 Å². The molecule has 0 aromatic heterocycles. The van der Waals surface area contributed by atoms with E-state index in [-0.39, 0.29) is 55.2 Å². The topological polar surface area (TPSA) is 282 Å². The summed E-state index contributed by atoms with van der Waals surface area (Å²) >= 11 is 0. The number of guanidine groups is 1. The highest BCUT2D eigenvalue weighted by Gasteiger charge is 2.32. The fourth-order valence-corrected chi connectivity index (χ4v) is 5.94. The number of nitrogens with one attached hydrogen (secondary N) is 4. The van der Waals surface area contributed by atoms with Gasteiger partial charge in [-0.2, -0.15) is 0 Å². The van der Waals surface area contributed by atoms with Crippen molar-refractivity contribution in [3.05, 3.63) is 65.2 Å². The minimum absolute atomic E-state index is 0.0116. The predicted molar refractivity (Wildman–Crippen MR) is 203 cm³/mol. The third kappa shape index (κ3) is 15.8. The molecule has 18 nitrogen and oxygen atoms in total. The molecular formula is C36H52N8O10S. The number of amides is 4. The highest BCUT2D eigenvalue weighted by Crippen LogP contribution is 2.13. The number of ether oxygens (including phenoxy) is 1. The van der Waals surface area contributed by atoms with Crippen molar-refractivity contribution >= 4 is 51.6 Å². The molecule has 0 saturated heterocycles. The number of benzene rings is 2. The van der Waals surface area contributed by atoms with Crippen molar-refractivity contribution in [3.63, 3.8) is 0 Å². The fraction of sp³-hybridized carbons (Fsp3) is 0.472. The van der Waals surface area contributed by atoms with Crippen molar-refractivity contribution in [2.24, 2.45) is 16.5 Å². The molecule has 4 amide bonds. The van der Waals surface area contributed by atoms with Gasteiger partial charge in [0.1, 0.15) is 24.2 Å². The minimum atomic E-state index is -3.99. The lowest BCUT2D eigenvalue weighted by Gasteiger charge is -2.30. The van der Waals surface area contributed by atoms with E-state index in [9.17, 15) is 37.2 Å². The van der Waals surface area contributed by atoms with Crippen LogP contribution in [0.4, 0.5) is 0 Å². The molecule has 0 saturated carbocycles. The summed E-state index contributed by atoms with van der Waals surface area (Å²) in [6.45, 7) is 7.78. The van der Waals surface area contributed by atoms with Crippen molar-refractivity contribution in [2.45, 2.75) is 95.5 Å². The quantitative estimate of drug-likeness (QED) is 0.0438. The molecule has 0 spiro atoms. The molecular weight excluding hydrogens is 737 g/mol. The summed E-state index contributed by atoms with van der Waals surface area (Å²) in [5.74, 6) is -4.93. The van der Waals surface area contributed by atoms with Gasteiger partial charge in [0, 0.05) is 25.7 Å². The van der Waals surface area contributed by atoms with Gasteiger partial charge in [-0.3, -0.25) is 33.8 Å². The minimum Gasteiger partial charge on any atom is -0.480 e. The maximum Gasteiger partial charge on any atom is 0.322 e. The number of sulfonamides is 1. The molecule has 0 heterocycles. The molecule has 2 rings (SSSR count). The third-order valence-electron chi connectivity index (χ3n) is 7.83. The Morgan fingerprint density at radius 3 is 2.25 bits per heavy atom. The number of nitrogens with zero attached hydrogens (tertiary/aromatic N) is 2. The number of rotatable bonds is 19. The molecule has 0 bridgehead atoms. The monoisotopic (exact) mass is 788 g/mol. The van der Waals surface area contributed by atoms with E-state index in [1.165, 1.54) is 31.3 Å². The Balaban J connectivity index is 2.08. The third-order valence-corrected chi connectivity index (χ3v) is 9.20. The second kappa shape index (κ2) is 20.8. The number of carbonyl (C=O) groups is 6. The molecule has 0 unspecified atom stereocenters. The number of hydrogen-bond donors (Lipinski definition) is 7. The Kier molecular flexibility index (Phi) is 17.2. The number of esters is 1. The SMILES string of the molecule is CC[C@@H](NC(=O)c1cccc(CNC(=O)[C@@H](N)CC(=O)OC(C)(C)C)c1)C(=O)N(C)[C@@H](CCCN=C(N)NS(=O)(=O)c1ccc(C)cc1)C(=O)NCC(=O)O. The van der Waals surface area contributed by atoms with Crippen molar-refractivity contribution in [2.75, 3.05) is 20.1 Å². The van der Waals surface area contributed by atoms with Gasteiger partial charge in [0.2, 0.25) is 23.7 Å². The Hall–Kier alpha value is -5.56. The van der Waals surface area contributed by atoms with Crippen molar-refractivity contribution in [1.82, 2.24) is 25.6 Å². The molecule has 2 aromatic carbocycles. The van der Waals surface area contributed by atoms with E-state index in [4.69, 9.17) is 21.3 Å². The van der Waals surface area contributed by atoms with Gasteiger partial charge >= 0.3 is 11.9 Å². The number of nitrogens with two attached hydrogens (primary N) is 2. The molecule has 0 aliphatic rings. The van der Waals surface area contributed by atoms with Gasteiger partial charge in [-0.25, -0.2) is 13.1 Å². The van der Waals surface area contributed by atoms with E-state index in [0.29, 0.717) is 5.56 Å². The zero-order chi connectivity index (χ0) is 41.5. The molecule has 0 fully saturated rings. The summed E-state index contributed by atoms with van der Waals surface area (Å²) in [6, 6.07) is 8.90. The van der Waals surface area contributed by atoms with Crippen LogP contribution < -0.4 is 32.1 Å². The second-order valence-electron chi connectivity index (χ2n) is 13.7. The number of aliphatic carboxylic acids is 1. The average Bonchev–Trinajstić information content (AvgIpc) is 3.10. The van der Waals surface area contributed by atoms with E-state index in [2.05, 4.69) is 25.7 Å². The summed E-state index contributed by atoms with van der Waals surface area (Å²) < 4.78 is 32.6. The van der Waals surface area contributed by atoms with Crippen LogP contribution in [0, 0.1) is 6.92 Å². The second-order valence-corrected chi connectivity index (χ2v) is 15.3. The van der Waals surface area contributed by atoms with Crippen molar-refractivity contribution in [3.8, 4) is 0 Å². The maximum atomic E-state index is 13.6. The number of carboxylic acids is 1. The van der Waals surface area contributed by atoms with E-state index in [1.807, 2.05) is 6.92 Å². The first-order valence-electron chi connectivity index (χ1n) is 17.4. The number of carboxylic acid groups (broad SMARTS) is 1. The van der Waals surface area contributed by atoms with E-state index >= 15 is 0 Å². The molecule has 0 aliphatic carbocycles. The number of likely N-dealkylation sites (N-methyl/N-ethyl adjacent to an activating group) is 1. The van der Waals surface area contributed by atoms with Crippen LogP contribution in [0.3, 0.4) is 0 Å². The van der Waals surface area contributed by atoms with Gasteiger partial charge in [-0.15, -0.1) is 0 Å². The predicted octanol–water partition coefficient (Wildman–Crippen LogP) is 0.280. The van der Waals surface area contributed by atoms with Crippen LogP contribution >= 0.6 is 0 Å². The molecule has 0 radical (unpaired) electrons. The van der Waals surface area contributed by atoms with Gasteiger partial charge in [0.15, 0.2) is 0 Å². The molecule has 55 heavy (non-hydrogen) atoms. The molecule has 302 valence electrons. The fourth-order valence-electron chi connectivity index (χ4n) is 4.99. The number of aliphatic imine (C=N–C) groups is 1. The molecule has 2 aromatic rings. The van der Waals surface area contributed by atoms with Crippen LogP contribution in [0.1, 0.15) is 74.9 Å². The Morgan fingerprint density at radius 1 is 1.00 bits per heavy atom. The summed E-state index contributed by atoms with van der Waals surface area (Å²) in [5.41, 5.74) is 12.5. The first-order valence-corrected chi connectivity index (χ1v) is 18.9. The van der Waals surface area contributed by atoms with Crippen molar-refractivity contribution in [1.29, 1.82) is 0 Å². The smallest absolute Gasteiger partial charge is 0.322 e. The maximum absolute atomic E-state index is 13.6. The Labute approximate surface area is 320 Å². The first kappa shape index (κ1) is 45.6. The van der Waals surface area contributed by atoms with Gasteiger partial charge in [0.25, 0.3) is 15.9 Å². The molecule has 0 aliphatic heterocycles. The molecule has 3 atom stereocenters. The van der Waals surface area contributed by atoms with E-state index < -0.39 is 75.9 Å². The lowest BCUT2D eigenvalue weighted by molar-refractivity contribution is -0.156. The van der Waals surface area contributed by atoms with Crippen molar-refractivity contribution < 1.29 is 47.0 Å².